The van der Waals surface area contributed by atoms with Crippen LogP contribution < -0.4 is 0 Å². The Hall–Kier alpha value is -1.70. The summed E-state index contributed by atoms with van der Waals surface area (Å²) in [6.07, 6.45) is 0. The maximum atomic E-state index is 6.35. The molecule has 0 fully saturated rings. The quantitative estimate of drug-likeness (QED) is 0.470. The summed E-state index contributed by atoms with van der Waals surface area (Å²) in [5.41, 5.74) is 4.57. The second-order valence-corrected chi connectivity index (χ2v) is 12.2. The fourth-order valence-corrected chi connectivity index (χ4v) is 2.87. The maximum absolute atomic E-state index is 6.35. The van der Waals surface area contributed by atoms with Crippen molar-refractivity contribution in [3.05, 3.63) is 47.2 Å². The minimum Gasteiger partial charge on any atom is -0.257 e. The van der Waals surface area contributed by atoms with Crippen LogP contribution in [0.25, 0.3) is 11.1 Å². The van der Waals surface area contributed by atoms with Crippen LogP contribution in [0.2, 0.25) is 0 Å². The molecule has 154 valence electrons. The van der Waals surface area contributed by atoms with E-state index in [1.807, 2.05) is 0 Å². The third-order valence-corrected chi connectivity index (χ3v) is 4.97. The molecule has 28 heavy (non-hydrogen) atoms. The molecule has 0 saturated heterocycles. The first-order chi connectivity index (χ1) is 12.4. The van der Waals surface area contributed by atoms with Crippen molar-refractivity contribution in [3.63, 3.8) is 0 Å². The van der Waals surface area contributed by atoms with Crippen LogP contribution in [0.3, 0.4) is 0 Å². The van der Waals surface area contributed by atoms with Crippen molar-refractivity contribution in [2.24, 2.45) is 0 Å². The van der Waals surface area contributed by atoms with Crippen LogP contribution in [-0.4, -0.2) is 4.98 Å². The molecule has 0 aliphatic rings. The third-order valence-electron chi connectivity index (χ3n) is 4.97. The zero-order valence-electron chi connectivity index (χ0n) is 20.2. The zero-order chi connectivity index (χ0) is 21.7. The molecule has 2 nitrogen and oxygen atoms in total. The molecular formula is C26H40NO+. The van der Waals surface area contributed by atoms with E-state index in [9.17, 15) is 0 Å². The van der Waals surface area contributed by atoms with E-state index in [2.05, 4.69) is 107 Å². The molecule has 2 rings (SSSR count). The van der Waals surface area contributed by atoms with Gasteiger partial charge >= 0.3 is 11.5 Å². The Morgan fingerprint density at radius 1 is 0.500 bits per heavy atom. The van der Waals surface area contributed by atoms with Gasteiger partial charge in [-0.2, -0.15) is 0 Å². The molecule has 0 radical (unpaired) electrons. The summed E-state index contributed by atoms with van der Waals surface area (Å²) in [5.74, 6) is 2.03. The monoisotopic (exact) mass is 382 g/mol. The van der Waals surface area contributed by atoms with E-state index in [1.54, 1.807) is 0 Å². The lowest BCUT2D eigenvalue weighted by molar-refractivity contribution is 0.329. The molecule has 0 unspecified atom stereocenters. The highest BCUT2D eigenvalue weighted by atomic mass is 16.3. The smallest absolute Gasteiger partial charge is 0.257 e. The Morgan fingerprint density at radius 3 is 1.11 bits per heavy atom. The molecule has 0 aromatic carbocycles. The normalized spacial score (nSPS) is 13.7. The van der Waals surface area contributed by atoms with Crippen molar-refractivity contribution < 1.29 is 4.42 Å². The summed E-state index contributed by atoms with van der Waals surface area (Å²) in [4.78, 5) is 5.02. The van der Waals surface area contributed by atoms with Gasteiger partial charge in [-0.05, 0) is 64.8 Å². The molecule has 2 heteroatoms. The van der Waals surface area contributed by atoms with Gasteiger partial charge in [0, 0.05) is 34.4 Å². The van der Waals surface area contributed by atoms with Crippen molar-refractivity contribution >= 4 is 0 Å². The molecule has 0 atom stereocenters. The molecule has 0 N–H and O–H groups in total. The summed E-state index contributed by atoms with van der Waals surface area (Å²) < 4.78 is 6.35. The zero-order valence-corrected chi connectivity index (χ0v) is 20.2. The maximum Gasteiger partial charge on any atom is 0.335 e. The van der Waals surface area contributed by atoms with Gasteiger partial charge in [0.2, 0.25) is 0 Å². The largest absolute Gasteiger partial charge is 0.335 e. The standard InChI is InChI=1S/C26H40NO/c1-23(2,3)19-13-17(14-20(27-19)24(4,5)6)18-15-21(25(7,8)9)28-22(16-18)26(10,11)12/h13-16H,1-12H3/q+1. The molecule has 0 aliphatic heterocycles. The highest BCUT2D eigenvalue weighted by Crippen LogP contribution is 2.36. The Morgan fingerprint density at radius 2 is 0.821 bits per heavy atom. The Kier molecular flexibility index (Phi) is 5.62. The van der Waals surface area contributed by atoms with Gasteiger partial charge in [0.1, 0.15) is 0 Å². The van der Waals surface area contributed by atoms with Gasteiger partial charge in [0.25, 0.3) is 0 Å². The second kappa shape index (κ2) is 6.97. The molecule has 0 bridgehead atoms. The van der Waals surface area contributed by atoms with E-state index in [0.29, 0.717) is 0 Å². The van der Waals surface area contributed by atoms with Crippen LogP contribution in [0.1, 0.15) is 106 Å². The average Bonchev–Trinajstić information content (AvgIpc) is 2.50. The first-order valence-electron chi connectivity index (χ1n) is 10.4. The Balaban J connectivity index is 2.83. The fourth-order valence-electron chi connectivity index (χ4n) is 2.87. The van der Waals surface area contributed by atoms with Gasteiger partial charge in [-0.15, -0.1) is 0 Å². The lowest BCUT2D eigenvalue weighted by Crippen LogP contribution is -2.20. The number of pyridine rings is 1. The minimum absolute atomic E-state index is 0.00508. The Bertz CT molecular complexity index is 712. The predicted molar refractivity (Wildman–Crippen MR) is 121 cm³/mol. The van der Waals surface area contributed by atoms with Gasteiger partial charge in [0.15, 0.2) is 0 Å². The second-order valence-electron chi connectivity index (χ2n) is 12.2. The van der Waals surface area contributed by atoms with Gasteiger partial charge in [-0.3, -0.25) is 4.98 Å². The van der Waals surface area contributed by atoms with Gasteiger partial charge in [0.05, 0.1) is 10.8 Å². The van der Waals surface area contributed by atoms with E-state index in [0.717, 1.165) is 22.9 Å². The molecule has 0 spiro atoms. The summed E-state index contributed by atoms with van der Waals surface area (Å²) in [7, 11) is 0. The van der Waals surface area contributed by atoms with Crippen LogP contribution in [0.5, 0.6) is 0 Å². The van der Waals surface area contributed by atoms with E-state index in [4.69, 9.17) is 9.40 Å². The highest BCUT2D eigenvalue weighted by molar-refractivity contribution is 5.66. The fraction of sp³-hybridized carbons (Fsp3) is 0.615. The van der Waals surface area contributed by atoms with Crippen LogP contribution in [-0.2, 0) is 21.7 Å². The lowest BCUT2D eigenvalue weighted by atomic mass is 9.84. The molecule has 2 aromatic rings. The first-order valence-corrected chi connectivity index (χ1v) is 10.4. The number of rotatable bonds is 1. The summed E-state index contributed by atoms with van der Waals surface area (Å²) in [5, 5.41) is 0. The number of hydrogen-bond acceptors (Lipinski definition) is 1. The Labute approximate surface area is 172 Å². The van der Waals surface area contributed by atoms with E-state index < -0.39 is 0 Å². The highest BCUT2D eigenvalue weighted by Gasteiger charge is 2.34. The molecule has 0 saturated carbocycles. The number of aromatic nitrogens is 1. The van der Waals surface area contributed by atoms with Crippen LogP contribution in [0, 0.1) is 0 Å². The summed E-state index contributed by atoms with van der Waals surface area (Å²) in [6, 6.07) is 8.93. The van der Waals surface area contributed by atoms with Crippen molar-refractivity contribution in [1.29, 1.82) is 0 Å². The minimum atomic E-state index is -0.0528. The summed E-state index contributed by atoms with van der Waals surface area (Å²) in [6.45, 7) is 26.6. The van der Waals surface area contributed by atoms with Crippen molar-refractivity contribution in [2.45, 2.75) is 105 Å². The molecule has 2 heterocycles. The topological polar surface area (TPSA) is 24.2 Å². The number of hydrogen-bond donors (Lipinski definition) is 0. The van der Waals surface area contributed by atoms with Crippen LogP contribution >= 0.6 is 0 Å². The lowest BCUT2D eigenvalue weighted by Gasteiger charge is -2.25. The molecule has 0 aliphatic carbocycles. The van der Waals surface area contributed by atoms with E-state index >= 15 is 0 Å². The van der Waals surface area contributed by atoms with Gasteiger partial charge < -0.3 is 0 Å². The molecule has 0 amide bonds. The van der Waals surface area contributed by atoms with Crippen molar-refractivity contribution in [3.8, 4) is 11.1 Å². The van der Waals surface area contributed by atoms with E-state index in [-0.39, 0.29) is 21.7 Å². The van der Waals surface area contributed by atoms with Crippen LogP contribution in [0.15, 0.2) is 28.7 Å². The average molecular weight is 383 g/mol. The predicted octanol–water partition coefficient (Wildman–Crippen LogP) is 7.81. The van der Waals surface area contributed by atoms with Crippen molar-refractivity contribution in [2.75, 3.05) is 0 Å². The SMILES string of the molecule is CC(C)(C)c1cc(-c2cc(C(C)(C)C)[o+]c(C(C)(C)C)c2)cc(C(C)(C)C)n1. The summed E-state index contributed by atoms with van der Waals surface area (Å²) >= 11 is 0. The van der Waals surface area contributed by atoms with Crippen molar-refractivity contribution in [1.82, 2.24) is 4.98 Å². The number of nitrogens with zero attached hydrogens (tertiary/aromatic N) is 1. The first kappa shape index (κ1) is 22.6. The molecule has 2 aromatic heterocycles. The van der Waals surface area contributed by atoms with Gasteiger partial charge in [-0.1, -0.05) is 41.5 Å². The molecular weight excluding hydrogens is 342 g/mol. The third kappa shape index (κ3) is 5.21. The van der Waals surface area contributed by atoms with Gasteiger partial charge in [-0.25, -0.2) is 4.42 Å². The van der Waals surface area contributed by atoms with E-state index in [1.165, 1.54) is 11.1 Å². The van der Waals surface area contributed by atoms with Crippen LogP contribution in [0.4, 0.5) is 0 Å².